The van der Waals surface area contributed by atoms with Crippen LogP contribution in [0.25, 0.3) is 11.1 Å². The smallest absolute Gasteiger partial charge is 0.165 e. The fourth-order valence-corrected chi connectivity index (χ4v) is 2.79. The lowest BCUT2D eigenvalue weighted by atomic mass is 10.0. The molecule has 0 amide bonds. The van der Waals surface area contributed by atoms with E-state index in [0.717, 1.165) is 5.56 Å². The summed E-state index contributed by atoms with van der Waals surface area (Å²) in [7, 11) is 0. The van der Waals surface area contributed by atoms with Gasteiger partial charge in [-0.15, -0.1) is 0 Å². The first kappa shape index (κ1) is 20.6. The number of benzene rings is 3. The lowest BCUT2D eigenvalue weighted by Crippen LogP contribution is -2.05. The van der Waals surface area contributed by atoms with Crippen LogP contribution in [-0.2, 0) is 6.61 Å². The van der Waals surface area contributed by atoms with E-state index in [1.165, 1.54) is 6.07 Å². The number of hydrogen-bond acceptors (Lipinski definition) is 5. The van der Waals surface area contributed by atoms with Crippen LogP contribution in [0, 0.1) is 5.82 Å². The van der Waals surface area contributed by atoms with Gasteiger partial charge in [0.15, 0.2) is 11.6 Å². The first-order chi connectivity index (χ1) is 14.2. The second-order valence-corrected chi connectivity index (χ2v) is 6.22. The highest BCUT2D eigenvalue weighted by molar-refractivity contribution is 5.72. The van der Waals surface area contributed by atoms with Gasteiger partial charge in [0.25, 0.3) is 0 Å². The summed E-state index contributed by atoms with van der Waals surface area (Å²) in [6.07, 6.45) is 0. The first-order valence-corrected chi connectivity index (χ1v) is 9.29. The molecule has 0 aliphatic rings. The van der Waals surface area contributed by atoms with Gasteiger partial charge in [-0.25, -0.2) is 4.39 Å². The standard InChI is InChI=1S/C23H23FO5/c24-21-14-18(6-9-22(21)29-16-17-4-2-1-3-5-17)20-8-7-19(27-12-10-25)15-23(20)28-13-11-26/h1-9,14-15,25-26H,10-13,16H2. The third-order valence-electron chi connectivity index (χ3n) is 4.14. The van der Waals surface area contributed by atoms with E-state index < -0.39 is 5.82 Å². The molecule has 0 spiro atoms. The zero-order valence-corrected chi connectivity index (χ0v) is 15.9. The number of hydrogen-bond donors (Lipinski definition) is 2. The number of halogens is 1. The third kappa shape index (κ3) is 5.70. The molecule has 0 saturated carbocycles. The minimum Gasteiger partial charge on any atom is -0.491 e. The molecule has 6 heteroatoms. The zero-order chi connectivity index (χ0) is 20.5. The highest BCUT2D eigenvalue weighted by Gasteiger charge is 2.12. The molecule has 0 bridgehead atoms. The Morgan fingerprint density at radius 3 is 2.21 bits per heavy atom. The van der Waals surface area contributed by atoms with E-state index in [4.69, 9.17) is 24.4 Å². The Kier molecular flexibility index (Phi) is 7.44. The minimum atomic E-state index is -0.479. The highest BCUT2D eigenvalue weighted by Crippen LogP contribution is 2.35. The molecule has 0 saturated heterocycles. The van der Waals surface area contributed by atoms with Crippen LogP contribution in [0.5, 0.6) is 17.2 Å². The molecule has 5 nitrogen and oxygen atoms in total. The maximum atomic E-state index is 14.6. The molecule has 2 N–H and O–H groups in total. The summed E-state index contributed by atoms with van der Waals surface area (Å²) in [6, 6.07) is 19.4. The number of aliphatic hydroxyl groups excluding tert-OH is 2. The van der Waals surface area contributed by atoms with Crippen molar-refractivity contribution < 1.29 is 28.8 Å². The fraction of sp³-hybridized carbons (Fsp3) is 0.217. The number of ether oxygens (including phenoxy) is 3. The Morgan fingerprint density at radius 2 is 1.48 bits per heavy atom. The van der Waals surface area contributed by atoms with Gasteiger partial charge in [0.1, 0.15) is 31.3 Å². The SMILES string of the molecule is OCCOc1ccc(-c2ccc(OCc3ccccc3)c(F)c2)c(OCCO)c1. The van der Waals surface area contributed by atoms with Gasteiger partial charge < -0.3 is 24.4 Å². The second-order valence-electron chi connectivity index (χ2n) is 6.22. The zero-order valence-electron chi connectivity index (χ0n) is 15.9. The van der Waals surface area contributed by atoms with Crippen LogP contribution >= 0.6 is 0 Å². The normalized spacial score (nSPS) is 10.6. The van der Waals surface area contributed by atoms with Crippen LogP contribution in [0.2, 0.25) is 0 Å². The maximum Gasteiger partial charge on any atom is 0.165 e. The van der Waals surface area contributed by atoms with Crippen molar-refractivity contribution in [1.82, 2.24) is 0 Å². The molecule has 3 rings (SSSR count). The molecule has 0 radical (unpaired) electrons. The molecule has 0 heterocycles. The summed E-state index contributed by atoms with van der Waals surface area (Å²) in [4.78, 5) is 0. The summed E-state index contributed by atoms with van der Waals surface area (Å²) < 4.78 is 31.2. The van der Waals surface area contributed by atoms with Gasteiger partial charge in [-0.3, -0.25) is 0 Å². The van der Waals surface area contributed by atoms with Crippen molar-refractivity contribution >= 4 is 0 Å². The Morgan fingerprint density at radius 1 is 0.724 bits per heavy atom. The Bertz CT molecular complexity index is 914. The van der Waals surface area contributed by atoms with Gasteiger partial charge in [-0.05, 0) is 35.4 Å². The topological polar surface area (TPSA) is 68.2 Å². The van der Waals surface area contributed by atoms with Crippen molar-refractivity contribution in [3.8, 4) is 28.4 Å². The van der Waals surface area contributed by atoms with Crippen LogP contribution in [0.1, 0.15) is 5.56 Å². The molecular formula is C23H23FO5. The lowest BCUT2D eigenvalue weighted by molar-refractivity contribution is 0.195. The summed E-state index contributed by atoms with van der Waals surface area (Å²) in [5.74, 6) is 0.649. The molecule has 152 valence electrons. The van der Waals surface area contributed by atoms with Gasteiger partial charge in [-0.2, -0.15) is 0 Å². The first-order valence-electron chi connectivity index (χ1n) is 9.29. The average Bonchev–Trinajstić information content (AvgIpc) is 2.76. The summed E-state index contributed by atoms with van der Waals surface area (Å²) in [5, 5.41) is 18.0. The average molecular weight is 398 g/mol. The van der Waals surface area contributed by atoms with Gasteiger partial charge in [0.2, 0.25) is 0 Å². The van der Waals surface area contributed by atoms with Crippen molar-refractivity contribution in [2.45, 2.75) is 6.61 Å². The lowest BCUT2D eigenvalue weighted by Gasteiger charge is -2.14. The molecule has 0 aliphatic carbocycles. The van der Waals surface area contributed by atoms with Crippen molar-refractivity contribution in [1.29, 1.82) is 0 Å². The van der Waals surface area contributed by atoms with Crippen molar-refractivity contribution in [2.75, 3.05) is 26.4 Å². The number of aliphatic hydroxyl groups is 2. The second kappa shape index (κ2) is 10.5. The van der Waals surface area contributed by atoms with E-state index in [1.807, 2.05) is 30.3 Å². The van der Waals surface area contributed by atoms with Crippen LogP contribution in [0.3, 0.4) is 0 Å². The van der Waals surface area contributed by atoms with Crippen molar-refractivity contribution in [3.63, 3.8) is 0 Å². The van der Waals surface area contributed by atoms with Gasteiger partial charge in [-0.1, -0.05) is 36.4 Å². The van der Waals surface area contributed by atoms with Gasteiger partial charge >= 0.3 is 0 Å². The van der Waals surface area contributed by atoms with E-state index in [9.17, 15) is 4.39 Å². The predicted molar refractivity (Wildman–Crippen MR) is 108 cm³/mol. The largest absolute Gasteiger partial charge is 0.491 e. The van der Waals surface area contributed by atoms with E-state index in [0.29, 0.717) is 22.6 Å². The highest BCUT2D eigenvalue weighted by atomic mass is 19.1. The van der Waals surface area contributed by atoms with Crippen molar-refractivity contribution in [2.24, 2.45) is 0 Å². The van der Waals surface area contributed by atoms with E-state index >= 15 is 0 Å². The number of rotatable bonds is 10. The quantitative estimate of drug-likeness (QED) is 0.544. The predicted octanol–water partition coefficient (Wildman–Crippen LogP) is 3.81. The maximum absolute atomic E-state index is 14.6. The molecule has 3 aromatic rings. The van der Waals surface area contributed by atoms with Crippen LogP contribution < -0.4 is 14.2 Å². The van der Waals surface area contributed by atoms with Crippen molar-refractivity contribution in [3.05, 3.63) is 78.1 Å². The summed E-state index contributed by atoms with van der Waals surface area (Å²) in [5.41, 5.74) is 2.22. The van der Waals surface area contributed by atoms with E-state index in [2.05, 4.69) is 0 Å². The van der Waals surface area contributed by atoms with Crippen LogP contribution in [0.15, 0.2) is 66.7 Å². The van der Waals surface area contributed by atoms with E-state index in [1.54, 1.807) is 30.3 Å². The minimum absolute atomic E-state index is 0.0945. The van der Waals surface area contributed by atoms with E-state index in [-0.39, 0.29) is 38.8 Å². The monoisotopic (exact) mass is 398 g/mol. The molecule has 0 atom stereocenters. The Hall–Kier alpha value is -3.09. The molecule has 29 heavy (non-hydrogen) atoms. The molecular weight excluding hydrogens is 375 g/mol. The molecule has 0 aliphatic heterocycles. The summed E-state index contributed by atoms with van der Waals surface area (Å²) >= 11 is 0. The van der Waals surface area contributed by atoms with Crippen LogP contribution in [0.4, 0.5) is 4.39 Å². The van der Waals surface area contributed by atoms with Crippen LogP contribution in [-0.4, -0.2) is 36.6 Å². The fourth-order valence-electron chi connectivity index (χ4n) is 2.79. The summed E-state index contributed by atoms with van der Waals surface area (Å²) in [6.45, 7) is 0.267. The third-order valence-corrected chi connectivity index (χ3v) is 4.14. The molecule has 0 unspecified atom stereocenters. The molecule has 0 aromatic heterocycles. The molecule has 0 fully saturated rings. The Balaban J connectivity index is 1.80. The molecule has 3 aromatic carbocycles. The van der Waals surface area contributed by atoms with Gasteiger partial charge in [0, 0.05) is 11.6 Å². The van der Waals surface area contributed by atoms with Gasteiger partial charge in [0.05, 0.1) is 13.2 Å². The Labute approximate surface area is 168 Å².